The van der Waals surface area contributed by atoms with Crippen LogP contribution in [0.1, 0.15) is 33.3 Å². The van der Waals surface area contributed by atoms with E-state index in [-0.39, 0.29) is 16.3 Å². The van der Waals surface area contributed by atoms with E-state index in [4.69, 9.17) is 11.6 Å². The van der Waals surface area contributed by atoms with Crippen LogP contribution in [0.4, 0.5) is 4.39 Å². The Morgan fingerprint density at radius 3 is 2.59 bits per heavy atom. The Bertz CT molecular complexity index is 374. The lowest BCUT2D eigenvalue weighted by Crippen LogP contribution is -2.35. The molecule has 0 saturated carbocycles. The monoisotopic (exact) mass is 257 g/mol. The van der Waals surface area contributed by atoms with Gasteiger partial charge in [0.2, 0.25) is 0 Å². The third kappa shape index (κ3) is 4.64. The van der Waals surface area contributed by atoms with Gasteiger partial charge in [0.25, 0.3) is 0 Å². The lowest BCUT2D eigenvalue weighted by molar-refractivity contribution is 0.321. The van der Waals surface area contributed by atoms with Crippen LogP contribution in [0.2, 0.25) is 5.02 Å². The second-order valence-electron chi connectivity index (χ2n) is 5.59. The topological polar surface area (TPSA) is 12.0 Å². The minimum atomic E-state index is -0.285. The fourth-order valence-corrected chi connectivity index (χ4v) is 1.94. The van der Waals surface area contributed by atoms with Crippen molar-refractivity contribution < 1.29 is 4.39 Å². The van der Waals surface area contributed by atoms with E-state index in [0.29, 0.717) is 18.0 Å². The van der Waals surface area contributed by atoms with Crippen molar-refractivity contribution >= 4 is 11.6 Å². The summed E-state index contributed by atoms with van der Waals surface area (Å²) in [5.74, 6) is -0.285. The molecule has 1 N–H and O–H groups in total. The van der Waals surface area contributed by atoms with Crippen molar-refractivity contribution in [2.45, 2.75) is 40.2 Å². The van der Waals surface area contributed by atoms with Crippen molar-refractivity contribution in [3.63, 3.8) is 0 Å². The van der Waals surface area contributed by atoms with Crippen molar-refractivity contribution in [1.29, 1.82) is 0 Å². The molecule has 0 unspecified atom stereocenters. The SMILES string of the molecule is CC(C)NCC(C)(C)Cc1cccc(Cl)c1F. The molecule has 0 heterocycles. The predicted octanol–water partition coefficient (Wildman–Crippen LogP) is 4.05. The third-order valence-corrected chi connectivity index (χ3v) is 2.98. The van der Waals surface area contributed by atoms with Crippen molar-refractivity contribution in [1.82, 2.24) is 5.32 Å². The Labute approximate surface area is 108 Å². The van der Waals surface area contributed by atoms with E-state index in [1.807, 2.05) is 0 Å². The normalized spacial score (nSPS) is 12.2. The molecule has 0 amide bonds. The smallest absolute Gasteiger partial charge is 0.144 e. The minimum Gasteiger partial charge on any atom is -0.314 e. The predicted molar refractivity (Wildman–Crippen MR) is 72.0 cm³/mol. The molecule has 0 radical (unpaired) electrons. The number of hydrogen-bond donors (Lipinski definition) is 1. The fraction of sp³-hybridized carbons (Fsp3) is 0.571. The number of nitrogens with one attached hydrogen (secondary N) is 1. The van der Waals surface area contributed by atoms with E-state index in [2.05, 4.69) is 33.0 Å². The Balaban J connectivity index is 2.72. The Kier molecular flexibility index (Phi) is 4.96. The molecule has 0 atom stereocenters. The van der Waals surface area contributed by atoms with Gasteiger partial charge in [-0.1, -0.05) is 51.4 Å². The molecule has 1 nitrogen and oxygen atoms in total. The third-order valence-electron chi connectivity index (χ3n) is 2.69. The first kappa shape index (κ1) is 14.5. The summed E-state index contributed by atoms with van der Waals surface area (Å²) >= 11 is 5.78. The molecule has 0 fully saturated rings. The van der Waals surface area contributed by atoms with Crippen LogP contribution in [0.5, 0.6) is 0 Å². The quantitative estimate of drug-likeness (QED) is 0.839. The molecule has 0 aliphatic carbocycles. The summed E-state index contributed by atoms with van der Waals surface area (Å²) in [7, 11) is 0. The summed E-state index contributed by atoms with van der Waals surface area (Å²) in [5, 5.41) is 3.59. The molecule has 1 rings (SSSR count). The Hall–Kier alpha value is -0.600. The summed E-state index contributed by atoms with van der Waals surface area (Å²) in [6.45, 7) is 9.33. The number of hydrogen-bond acceptors (Lipinski definition) is 1. The van der Waals surface area contributed by atoms with Gasteiger partial charge in [-0.3, -0.25) is 0 Å². The largest absolute Gasteiger partial charge is 0.314 e. The van der Waals surface area contributed by atoms with E-state index in [9.17, 15) is 4.39 Å². The van der Waals surface area contributed by atoms with Gasteiger partial charge in [0.05, 0.1) is 5.02 Å². The van der Waals surface area contributed by atoms with Crippen molar-refractivity contribution in [2.75, 3.05) is 6.54 Å². The van der Waals surface area contributed by atoms with Gasteiger partial charge in [-0.15, -0.1) is 0 Å². The first-order chi connectivity index (χ1) is 7.82. The summed E-state index contributed by atoms with van der Waals surface area (Å²) in [5.41, 5.74) is 0.698. The highest BCUT2D eigenvalue weighted by Gasteiger charge is 2.21. The molecule has 0 spiro atoms. The highest BCUT2D eigenvalue weighted by Crippen LogP contribution is 2.26. The average Bonchev–Trinajstić information content (AvgIpc) is 2.22. The van der Waals surface area contributed by atoms with E-state index in [1.54, 1.807) is 18.2 Å². The zero-order valence-electron chi connectivity index (χ0n) is 11.0. The van der Waals surface area contributed by atoms with Gasteiger partial charge in [0.15, 0.2) is 0 Å². The summed E-state index contributed by atoms with van der Waals surface area (Å²) in [4.78, 5) is 0. The zero-order valence-corrected chi connectivity index (χ0v) is 11.7. The highest BCUT2D eigenvalue weighted by molar-refractivity contribution is 6.30. The van der Waals surface area contributed by atoms with E-state index < -0.39 is 0 Å². The van der Waals surface area contributed by atoms with Gasteiger partial charge in [-0.2, -0.15) is 0 Å². The fourth-order valence-electron chi connectivity index (χ4n) is 1.74. The maximum Gasteiger partial charge on any atom is 0.144 e. The lowest BCUT2D eigenvalue weighted by Gasteiger charge is -2.26. The van der Waals surface area contributed by atoms with Gasteiger partial charge < -0.3 is 5.32 Å². The molecule has 0 aliphatic rings. The molecule has 0 aliphatic heterocycles. The first-order valence-corrected chi connectivity index (χ1v) is 6.36. The van der Waals surface area contributed by atoms with Gasteiger partial charge >= 0.3 is 0 Å². The van der Waals surface area contributed by atoms with E-state index in [1.165, 1.54) is 0 Å². The minimum absolute atomic E-state index is 0.00971. The van der Waals surface area contributed by atoms with Gasteiger partial charge in [-0.05, 0) is 23.5 Å². The molecule has 96 valence electrons. The van der Waals surface area contributed by atoms with Gasteiger partial charge in [0.1, 0.15) is 5.82 Å². The van der Waals surface area contributed by atoms with E-state index in [0.717, 1.165) is 6.54 Å². The van der Waals surface area contributed by atoms with Crippen LogP contribution in [0.3, 0.4) is 0 Å². The molecule has 1 aromatic rings. The Morgan fingerprint density at radius 2 is 2.00 bits per heavy atom. The Morgan fingerprint density at radius 1 is 1.35 bits per heavy atom. The van der Waals surface area contributed by atoms with Crippen LogP contribution in [0.25, 0.3) is 0 Å². The van der Waals surface area contributed by atoms with Crippen molar-refractivity contribution in [3.05, 3.63) is 34.6 Å². The van der Waals surface area contributed by atoms with Gasteiger partial charge in [0, 0.05) is 12.6 Å². The second kappa shape index (κ2) is 5.83. The standard InChI is InChI=1S/C14H21ClFN/c1-10(2)17-9-14(3,4)8-11-6-5-7-12(15)13(11)16/h5-7,10,17H,8-9H2,1-4H3. The second-order valence-corrected chi connectivity index (χ2v) is 6.00. The average molecular weight is 258 g/mol. The highest BCUT2D eigenvalue weighted by atomic mass is 35.5. The molecule has 3 heteroatoms. The summed E-state index contributed by atoms with van der Waals surface area (Å²) in [6.07, 6.45) is 0.680. The van der Waals surface area contributed by atoms with Crippen LogP contribution in [-0.4, -0.2) is 12.6 Å². The van der Waals surface area contributed by atoms with Crippen molar-refractivity contribution in [3.8, 4) is 0 Å². The molecule has 1 aromatic carbocycles. The van der Waals surface area contributed by atoms with Crippen LogP contribution < -0.4 is 5.32 Å². The maximum absolute atomic E-state index is 13.8. The lowest BCUT2D eigenvalue weighted by atomic mass is 9.85. The maximum atomic E-state index is 13.8. The van der Waals surface area contributed by atoms with Crippen LogP contribution in [0, 0.1) is 11.2 Å². The molecular formula is C14H21ClFN. The molecular weight excluding hydrogens is 237 g/mol. The first-order valence-electron chi connectivity index (χ1n) is 5.98. The van der Waals surface area contributed by atoms with Gasteiger partial charge in [-0.25, -0.2) is 4.39 Å². The van der Waals surface area contributed by atoms with Crippen LogP contribution >= 0.6 is 11.6 Å². The molecule has 0 bridgehead atoms. The number of rotatable bonds is 5. The summed E-state index contributed by atoms with van der Waals surface area (Å²) in [6, 6.07) is 5.63. The number of halogens is 2. The number of benzene rings is 1. The molecule has 17 heavy (non-hydrogen) atoms. The molecule has 0 aromatic heterocycles. The van der Waals surface area contributed by atoms with Crippen LogP contribution in [-0.2, 0) is 6.42 Å². The van der Waals surface area contributed by atoms with Crippen molar-refractivity contribution in [2.24, 2.45) is 5.41 Å². The zero-order chi connectivity index (χ0) is 13.1. The summed E-state index contributed by atoms with van der Waals surface area (Å²) < 4.78 is 13.8. The molecule has 0 saturated heterocycles. The van der Waals surface area contributed by atoms with E-state index >= 15 is 0 Å². The van der Waals surface area contributed by atoms with Crippen LogP contribution in [0.15, 0.2) is 18.2 Å².